The van der Waals surface area contributed by atoms with E-state index in [4.69, 9.17) is 0 Å². The molecule has 0 spiro atoms. The molecular formula is C10H16O. The van der Waals surface area contributed by atoms with Crippen LogP contribution in [0.5, 0.6) is 0 Å². The lowest BCUT2D eigenvalue weighted by molar-refractivity contribution is -0.123. The Balaban J connectivity index is 2.18. The van der Waals surface area contributed by atoms with Gasteiger partial charge in [0, 0.05) is 12.3 Å². The molecule has 0 aromatic carbocycles. The Morgan fingerprint density at radius 2 is 2.09 bits per heavy atom. The third-order valence-corrected chi connectivity index (χ3v) is 3.64. The maximum atomic E-state index is 11.5. The Morgan fingerprint density at radius 3 is 2.91 bits per heavy atom. The molecule has 2 rings (SSSR count). The van der Waals surface area contributed by atoms with Crippen LogP contribution < -0.4 is 0 Å². The average molecular weight is 152 g/mol. The van der Waals surface area contributed by atoms with E-state index in [0.717, 1.165) is 18.8 Å². The lowest BCUT2D eigenvalue weighted by Crippen LogP contribution is -2.16. The standard InChI is InChI=1S/C10H16O/c1-7-8-3-2-4-10(11)9(7)6-5-8/h7-9H,2-6H2,1H3/t7-,8+,9-/m0/s1. The molecule has 11 heavy (non-hydrogen) atoms. The van der Waals surface area contributed by atoms with Gasteiger partial charge < -0.3 is 0 Å². The predicted molar refractivity (Wildman–Crippen MR) is 44.2 cm³/mol. The summed E-state index contributed by atoms with van der Waals surface area (Å²) in [4.78, 5) is 11.5. The Hall–Kier alpha value is -0.330. The van der Waals surface area contributed by atoms with Crippen molar-refractivity contribution in [3.8, 4) is 0 Å². The summed E-state index contributed by atoms with van der Waals surface area (Å²) in [5.74, 6) is 2.58. The first-order valence-corrected chi connectivity index (χ1v) is 4.82. The molecule has 1 nitrogen and oxygen atoms in total. The van der Waals surface area contributed by atoms with E-state index in [-0.39, 0.29) is 0 Å². The first-order chi connectivity index (χ1) is 5.29. The van der Waals surface area contributed by atoms with Crippen molar-refractivity contribution >= 4 is 5.78 Å². The van der Waals surface area contributed by atoms with Gasteiger partial charge in [0.15, 0.2) is 0 Å². The maximum absolute atomic E-state index is 11.5. The van der Waals surface area contributed by atoms with Crippen LogP contribution >= 0.6 is 0 Å². The van der Waals surface area contributed by atoms with E-state index in [1.54, 1.807) is 0 Å². The molecule has 3 atom stereocenters. The predicted octanol–water partition coefficient (Wildman–Crippen LogP) is 2.40. The van der Waals surface area contributed by atoms with Crippen LogP contribution in [-0.2, 0) is 4.79 Å². The second-order valence-electron chi connectivity index (χ2n) is 4.16. The number of Topliss-reactive ketones (excluding diaryl/α,β-unsaturated/α-hetero) is 1. The molecule has 1 heteroatoms. The third kappa shape index (κ3) is 1.11. The summed E-state index contributed by atoms with van der Waals surface area (Å²) < 4.78 is 0. The molecule has 2 bridgehead atoms. The van der Waals surface area contributed by atoms with Crippen LogP contribution in [0.15, 0.2) is 0 Å². The topological polar surface area (TPSA) is 17.1 Å². The van der Waals surface area contributed by atoms with Crippen LogP contribution in [0.2, 0.25) is 0 Å². The highest BCUT2D eigenvalue weighted by Gasteiger charge is 2.38. The molecule has 2 saturated carbocycles. The van der Waals surface area contributed by atoms with Crippen molar-refractivity contribution in [1.29, 1.82) is 0 Å². The van der Waals surface area contributed by atoms with Crippen LogP contribution in [0.25, 0.3) is 0 Å². The van der Waals surface area contributed by atoms with Gasteiger partial charge in [0.1, 0.15) is 5.78 Å². The Labute approximate surface area is 68.2 Å². The second-order valence-corrected chi connectivity index (χ2v) is 4.16. The van der Waals surface area contributed by atoms with Gasteiger partial charge in [-0.3, -0.25) is 4.79 Å². The number of carbonyl (C=O) groups is 1. The molecule has 0 heterocycles. The minimum Gasteiger partial charge on any atom is -0.299 e. The highest BCUT2D eigenvalue weighted by molar-refractivity contribution is 5.81. The molecule has 0 aromatic heterocycles. The summed E-state index contributed by atoms with van der Waals surface area (Å²) in [6.45, 7) is 2.27. The molecule has 2 aliphatic carbocycles. The fraction of sp³-hybridized carbons (Fsp3) is 0.900. The third-order valence-electron chi connectivity index (χ3n) is 3.64. The van der Waals surface area contributed by atoms with Crippen molar-refractivity contribution in [2.75, 3.05) is 0 Å². The Bertz CT molecular complexity index is 174. The first kappa shape index (κ1) is 7.33. The summed E-state index contributed by atoms with van der Waals surface area (Å²) >= 11 is 0. The summed E-state index contributed by atoms with van der Waals surface area (Å²) in [6, 6.07) is 0. The first-order valence-electron chi connectivity index (χ1n) is 4.82. The summed E-state index contributed by atoms with van der Waals surface area (Å²) in [7, 11) is 0. The van der Waals surface area contributed by atoms with E-state index < -0.39 is 0 Å². The molecule has 2 aliphatic rings. The summed E-state index contributed by atoms with van der Waals surface area (Å²) in [5, 5.41) is 0. The highest BCUT2D eigenvalue weighted by Crippen LogP contribution is 2.43. The minimum atomic E-state index is 0.447. The molecule has 0 aromatic rings. The summed E-state index contributed by atoms with van der Waals surface area (Å²) in [6.07, 6.45) is 5.83. The van der Waals surface area contributed by atoms with Gasteiger partial charge in [0.25, 0.3) is 0 Å². The zero-order valence-electron chi connectivity index (χ0n) is 7.18. The van der Waals surface area contributed by atoms with Crippen molar-refractivity contribution in [1.82, 2.24) is 0 Å². The smallest absolute Gasteiger partial charge is 0.136 e. The molecule has 0 amide bonds. The van der Waals surface area contributed by atoms with Gasteiger partial charge >= 0.3 is 0 Å². The number of rotatable bonds is 0. The zero-order chi connectivity index (χ0) is 7.84. The Kier molecular flexibility index (Phi) is 1.74. The lowest BCUT2D eigenvalue weighted by Gasteiger charge is -2.14. The van der Waals surface area contributed by atoms with Gasteiger partial charge in [0.2, 0.25) is 0 Å². The largest absolute Gasteiger partial charge is 0.299 e. The summed E-state index contributed by atoms with van der Waals surface area (Å²) in [5.41, 5.74) is 0. The van der Waals surface area contributed by atoms with Crippen LogP contribution in [0.3, 0.4) is 0 Å². The van der Waals surface area contributed by atoms with Gasteiger partial charge in [-0.15, -0.1) is 0 Å². The fourth-order valence-corrected chi connectivity index (χ4v) is 2.83. The Morgan fingerprint density at radius 1 is 1.27 bits per heavy atom. The highest BCUT2D eigenvalue weighted by atomic mass is 16.1. The second kappa shape index (κ2) is 2.62. The number of fused-ring (bicyclic) bond motifs is 2. The van der Waals surface area contributed by atoms with Gasteiger partial charge in [-0.1, -0.05) is 6.92 Å². The number of hydrogen-bond donors (Lipinski definition) is 0. The van der Waals surface area contributed by atoms with Crippen molar-refractivity contribution in [3.63, 3.8) is 0 Å². The van der Waals surface area contributed by atoms with Crippen LogP contribution in [0.1, 0.15) is 39.0 Å². The van der Waals surface area contributed by atoms with E-state index in [1.807, 2.05) is 0 Å². The maximum Gasteiger partial charge on any atom is 0.136 e. The van der Waals surface area contributed by atoms with Crippen LogP contribution in [-0.4, -0.2) is 5.78 Å². The van der Waals surface area contributed by atoms with E-state index >= 15 is 0 Å². The fourth-order valence-electron chi connectivity index (χ4n) is 2.83. The van der Waals surface area contributed by atoms with E-state index in [9.17, 15) is 4.79 Å². The van der Waals surface area contributed by atoms with Crippen molar-refractivity contribution in [2.24, 2.45) is 17.8 Å². The molecule has 0 radical (unpaired) electrons. The monoisotopic (exact) mass is 152 g/mol. The SMILES string of the molecule is C[C@H]1[C@@H]2CCCC(=O)[C@H]1CC2. The average Bonchev–Trinajstić information content (AvgIpc) is 2.23. The van der Waals surface area contributed by atoms with Crippen LogP contribution in [0.4, 0.5) is 0 Å². The van der Waals surface area contributed by atoms with E-state index in [1.165, 1.54) is 19.3 Å². The minimum absolute atomic E-state index is 0.447. The van der Waals surface area contributed by atoms with Gasteiger partial charge in [0.05, 0.1) is 0 Å². The van der Waals surface area contributed by atoms with E-state index in [2.05, 4.69) is 6.92 Å². The van der Waals surface area contributed by atoms with Gasteiger partial charge in [-0.2, -0.15) is 0 Å². The molecule has 0 saturated heterocycles. The quantitative estimate of drug-likeness (QED) is 0.521. The number of ketones is 1. The zero-order valence-corrected chi connectivity index (χ0v) is 7.18. The molecule has 0 N–H and O–H groups in total. The lowest BCUT2D eigenvalue weighted by atomic mass is 9.90. The van der Waals surface area contributed by atoms with Crippen LogP contribution in [0, 0.1) is 17.8 Å². The van der Waals surface area contributed by atoms with Gasteiger partial charge in [-0.25, -0.2) is 0 Å². The molecule has 62 valence electrons. The molecular weight excluding hydrogens is 136 g/mol. The number of carbonyl (C=O) groups excluding carboxylic acids is 1. The van der Waals surface area contributed by atoms with Gasteiger partial charge in [-0.05, 0) is 37.5 Å². The normalized spacial score (nSPS) is 44.1. The van der Waals surface area contributed by atoms with Crippen molar-refractivity contribution < 1.29 is 4.79 Å². The molecule has 0 aliphatic heterocycles. The molecule has 0 unspecified atom stereocenters. The van der Waals surface area contributed by atoms with Crippen molar-refractivity contribution in [2.45, 2.75) is 39.0 Å². The van der Waals surface area contributed by atoms with Crippen molar-refractivity contribution in [3.05, 3.63) is 0 Å². The molecule has 2 fully saturated rings. The number of hydrogen-bond acceptors (Lipinski definition) is 1. The van der Waals surface area contributed by atoms with E-state index in [0.29, 0.717) is 17.6 Å².